The van der Waals surface area contributed by atoms with Crippen molar-refractivity contribution in [3.8, 4) is 5.75 Å². The molecule has 0 aliphatic heterocycles. The number of carboxylic acid groups (broad SMARTS) is 1. The first kappa shape index (κ1) is 18.9. The molecular formula is C19H18FNO5S. The van der Waals surface area contributed by atoms with Crippen molar-refractivity contribution in [3.05, 3.63) is 59.0 Å². The molecule has 2 aromatic carbocycles. The molecule has 0 saturated carbocycles. The Morgan fingerprint density at radius 1 is 1.19 bits per heavy atom. The van der Waals surface area contributed by atoms with E-state index in [0.717, 1.165) is 15.6 Å². The highest BCUT2D eigenvalue weighted by Gasteiger charge is 2.27. The van der Waals surface area contributed by atoms with E-state index < -0.39 is 28.2 Å². The summed E-state index contributed by atoms with van der Waals surface area (Å²) in [6.45, 7) is 3.34. The number of aryl methyl sites for hydroxylation is 1. The van der Waals surface area contributed by atoms with E-state index in [1.807, 2.05) is 6.92 Å². The average molecular weight is 391 g/mol. The van der Waals surface area contributed by atoms with Gasteiger partial charge in [-0.05, 0) is 37.6 Å². The standard InChI is InChI=1S/C19H18FNO5S/c1-11-4-6-13(7-5-11)27(24,25)21-12(2)14(9-19(22)23)15-8-18(26-3)16(20)10-17(15)21/h4-8,10H,9H2,1-3H3,(H,22,23). The molecular weight excluding hydrogens is 373 g/mol. The normalized spacial score (nSPS) is 11.7. The van der Waals surface area contributed by atoms with Crippen LogP contribution in [0.25, 0.3) is 10.9 Å². The predicted octanol–water partition coefficient (Wildman–Crippen LogP) is 3.27. The van der Waals surface area contributed by atoms with E-state index in [1.165, 1.54) is 32.2 Å². The molecule has 1 heterocycles. The largest absolute Gasteiger partial charge is 0.494 e. The van der Waals surface area contributed by atoms with Crippen molar-refractivity contribution in [1.29, 1.82) is 0 Å². The summed E-state index contributed by atoms with van der Waals surface area (Å²) in [5, 5.41) is 9.55. The molecule has 0 aliphatic rings. The second-order valence-corrected chi connectivity index (χ2v) is 8.01. The fourth-order valence-corrected chi connectivity index (χ4v) is 4.68. The number of hydrogen-bond acceptors (Lipinski definition) is 4. The van der Waals surface area contributed by atoms with Gasteiger partial charge in [-0.25, -0.2) is 16.8 Å². The molecule has 0 atom stereocenters. The van der Waals surface area contributed by atoms with Crippen LogP contribution < -0.4 is 4.74 Å². The first-order chi connectivity index (χ1) is 12.7. The second kappa shape index (κ2) is 6.70. The zero-order valence-corrected chi connectivity index (χ0v) is 15.8. The highest BCUT2D eigenvalue weighted by Crippen LogP contribution is 2.34. The number of halogens is 1. The second-order valence-electron chi connectivity index (χ2n) is 6.22. The number of fused-ring (bicyclic) bond motifs is 1. The highest BCUT2D eigenvalue weighted by atomic mass is 32.2. The zero-order valence-electron chi connectivity index (χ0n) is 15.0. The summed E-state index contributed by atoms with van der Waals surface area (Å²) in [5.74, 6) is -1.93. The molecule has 1 aromatic heterocycles. The number of methoxy groups -OCH3 is 1. The molecule has 0 spiro atoms. The number of carboxylic acids is 1. The lowest BCUT2D eigenvalue weighted by atomic mass is 10.1. The summed E-state index contributed by atoms with van der Waals surface area (Å²) in [6.07, 6.45) is -0.395. The Kier molecular flexibility index (Phi) is 4.69. The summed E-state index contributed by atoms with van der Waals surface area (Å²) >= 11 is 0. The Labute approximate surface area is 155 Å². The third-order valence-electron chi connectivity index (χ3n) is 4.44. The smallest absolute Gasteiger partial charge is 0.307 e. The van der Waals surface area contributed by atoms with Crippen LogP contribution in [0.1, 0.15) is 16.8 Å². The Hall–Kier alpha value is -2.87. The van der Waals surface area contributed by atoms with Gasteiger partial charge in [0.1, 0.15) is 0 Å². The lowest BCUT2D eigenvalue weighted by Crippen LogP contribution is -2.15. The summed E-state index contributed by atoms with van der Waals surface area (Å²) in [7, 11) is -2.76. The number of benzene rings is 2. The van der Waals surface area contributed by atoms with Crippen LogP contribution in [-0.4, -0.2) is 30.6 Å². The third kappa shape index (κ3) is 3.16. The Morgan fingerprint density at radius 3 is 2.37 bits per heavy atom. The molecule has 0 bridgehead atoms. The van der Waals surface area contributed by atoms with Gasteiger partial charge in [0.25, 0.3) is 10.0 Å². The number of nitrogens with zero attached hydrogens (tertiary/aromatic N) is 1. The van der Waals surface area contributed by atoms with Crippen molar-refractivity contribution in [2.45, 2.75) is 25.2 Å². The van der Waals surface area contributed by atoms with Crippen molar-refractivity contribution < 1.29 is 27.4 Å². The van der Waals surface area contributed by atoms with Crippen LogP contribution >= 0.6 is 0 Å². The molecule has 0 aliphatic carbocycles. The maximum atomic E-state index is 14.3. The minimum absolute atomic E-state index is 0.0335. The van der Waals surface area contributed by atoms with E-state index in [9.17, 15) is 22.7 Å². The van der Waals surface area contributed by atoms with Gasteiger partial charge in [-0.1, -0.05) is 17.7 Å². The molecule has 142 valence electrons. The maximum Gasteiger partial charge on any atom is 0.307 e. The first-order valence-corrected chi connectivity index (χ1v) is 9.52. The first-order valence-electron chi connectivity index (χ1n) is 8.08. The lowest BCUT2D eigenvalue weighted by Gasteiger charge is -2.11. The molecule has 0 unspecified atom stereocenters. The van der Waals surface area contributed by atoms with Crippen LogP contribution in [-0.2, 0) is 21.2 Å². The van der Waals surface area contributed by atoms with Crippen molar-refractivity contribution >= 4 is 26.9 Å². The van der Waals surface area contributed by atoms with Crippen molar-refractivity contribution in [3.63, 3.8) is 0 Å². The summed E-state index contributed by atoms with van der Waals surface area (Å²) in [4.78, 5) is 11.3. The number of carbonyl (C=O) groups is 1. The van der Waals surface area contributed by atoms with Gasteiger partial charge in [-0.15, -0.1) is 0 Å². The summed E-state index contributed by atoms with van der Waals surface area (Å²) in [6, 6.07) is 8.64. The molecule has 8 heteroatoms. The van der Waals surface area contributed by atoms with Crippen LogP contribution in [0.5, 0.6) is 5.75 Å². The Balaban J connectivity index is 2.38. The molecule has 0 saturated heterocycles. The fourth-order valence-electron chi connectivity index (χ4n) is 3.11. The number of hydrogen-bond donors (Lipinski definition) is 1. The average Bonchev–Trinajstić information content (AvgIpc) is 2.85. The van der Waals surface area contributed by atoms with E-state index in [4.69, 9.17) is 4.74 Å². The number of aromatic nitrogens is 1. The van der Waals surface area contributed by atoms with Gasteiger partial charge in [0.2, 0.25) is 0 Å². The number of ether oxygens (including phenoxy) is 1. The minimum Gasteiger partial charge on any atom is -0.494 e. The SMILES string of the molecule is COc1cc2c(CC(=O)O)c(C)n(S(=O)(=O)c3ccc(C)cc3)c2cc1F. The van der Waals surface area contributed by atoms with E-state index >= 15 is 0 Å². The van der Waals surface area contributed by atoms with Crippen LogP contribution in [0.2, 0.25) is 0 Å². The summed E-state index contributed by atoms with van der Waals surface area (Å²) in [5.41, 5.74) is 1.49. The number of aliphatic carboxylic acids is 1. The van der Waals surface area contributed by atoms with Gasteiger partial charge >= 0.3 is 5.97 Å². The van der Waals surface area contributed by atoms with Crippen LogP contribution in [0, 0.1) is 19.7 Å². The minimum atomic E-state index is -4.05. The van der Waals surface area contributed by atoms with Crippen molar-refractivity contribution in [2.24, 2.45) is 0 Å². The molecule has 0 radical (unpaired) electrons. The van der Waals surface area contributed by atoms with Crippen molar-refractivity contribution in [1.82, 2.24) is 3.97 Å². The monoisotopic (exact) mass is 391 g/mol. The van der Waals surface area contributed by atoms with E-state index in [-0.39, 0.29) is 21.9 Å². The molecule has 27 heavy (non-hydrogen) atoms. The molecule has 0 amide bonds. The zero-order chi connectivity index (χ0) is 19.9. The van der Waals surface area contributed by atoms with Gasteiger partial charge in [0.15, 0.2) is 11.6 Å². The van der Waals surface area contributed by atoms with Crippen molar-refractivity contribution in [2.75, 3.05) is 7.11 Å². The quantitative estimate of drug-likeness (QED) is 0.721. The van der Waals surface area contributed by atoms with Gasteiger partial charge < -0.3 is 9.84 Å². The molecule has 3 aromatic rings. The van der Waals surface area contributed by atoms with Gasteiger partial charge in [-0.2, -0.15) is 0 Å². The van der Waals surface area contributed by atoms with Crippen LogP contribution in [0.3, 0.4) is 0 Å². The van der Waals surface area contributed by atoms with Gasteiger partial charge in [0.05, 0.1) is 23.9 Å². The van der Waals surface area contributed by atoms with Crippen LogP contribution in [0.15, 0.2) is 41.3 Å². The lowest BCUT2D eigenvalue weighted by molar-refractivity contribution is -0.136. The predicted molar refractivity (Wildman–Crippen MR) is 98.3 cm³/mol. The molecule has 0 fully saturated rings. The Bertz CT molecular complexity index is 1150. The van der Waals surface area contributed by atoms with Crippen LogP contribution in [0.4, 0.5) is 4.39 Å². The molecule has 3 rings (SSSR count). The fraction of sp³-hybridized carbons (Fsp3) is 0.211. The Morgan fingerprint density at radius 2 is 1.81 bits per heavy atom. The molecule has 6 nitrogen and oxygen atoms in total. The summed E-state index contributed by atoms with van der Waals surface area (Å²) < 4.78 is 46.7. The third-order valence-corrected chi connectivity index (χ3v) is 6.26. The number of rotatable bonds is 5. The maximum absolute atomic E-state index is 14.3. The van der Waals surface area contributed by atoms with E-state index in [1.54, 1.807) is 12.1 Å². The van der Waals surface area contributed by atoms with Gasteiger partial charge in [-0.3, -0.25) is 4.79 Å². The molecule has 1 N–H and O–H groups in total. The highest BCUT2D eigenvalue weighted by molar-refractivity contribution is 7.90. The van der Waals surface area contributed by atoms with E-state index in [2.05, 4.69) is 0 Å². The van der Waals surface area contributed by atoms with Gasteiger partial charge in [0, 0.05) is 17.1 Å². The topological polar surface area (TPSA) is 85.6 Å². The van der Waals surface area contributed by atoms with E-state index in [0.29, 0.717) is 10.9 Å².